The van der Waals surface area contributed by atoms with Crippen molar-refractivity contribution in [3.8, 4) is 0 Å². The molecule has 0 aliphatic rings. The van der Waals surface area contributed by atoms with Gasteiger partial charge in [-0.15, -0.1) is 0 Å². The van der Waals surface area contributed by atoms with Gasteiger partial charge in [0.15, 0.2) is 5.78 Å². The first-order valence-corrected chi connectivity index (χ1v) is 4.24. The average molecular weight is 181 g/mol. The van der Waals surface area contributed by atoms with E-state index in [0.717, 1.165) is 0 Å². The van der Waals surface area contributed by atoms with E-state index in [1.165, 1.54) is 6.07 Å². The third kappa shape index (κ3) is 2.86. The topological polar surface area (TPSA) is 29.1 Å². The minimum Gasteiger partial charge on any atom is -0.376 e. The molecule has 1 aromatic rings. The molecule has 0 spiro atoms. The van der Waals surface area contributed by atoms with Gasteiger partial charge in [-0.05, 0) is 12.1 Å². The van der Waals surface area contributed by atoms with Crippen LogP contribution in [-0.4, -0.2) is 12.3 Å². The monoisotopic (exact) mass is 181 g/mol. The van der Waals surface area contributed by atoms with E-state index >= 15 is 0 Å². The summed E-state index contributed by atoms with van der Waals surface area (Å²) in [5.41, 5.74) is 0.379. The normalized spacial score (nSPS) is 9.69. The SMILES string of the molecule is CCC(=O)CNc1ccccc1F. The summed E-state index contributed by atoms with van der Waals surface area (Å²) in [6.07, 6.45) is 0.474. The van der Waals surface area contributed by atoms with Gasteiger partial charge in [0.25, 0.3) is 0 Å². The van der Waals surface area contributed by atoms with Crippen LogP contribution in [0.15, 0.2) is 24.3 Å². The molecule has 0 atom stereocenters. The quantitative estimate of drug-likeness (QED) is 0.771. The number of carbonyl (C=O) groups is 1. The fraction of sp³-hybridized carbons (Fsp3) is 0.300. The van der Waals surface area contributed by atoms with Crippen LogP contribution in [0.2, 0.25) is 0 Å². The van der Waals surface area contributed by atoms with Gasteiger partial charge in [0, 0.05) is 6.42 Å². The predicted molar refractivity (Wildman–Crippen MR) is 50.2 cm³/mol. The lowest BCUT2D eigenvalue weighted by Crippen LogP contribution is -2.13. The number of hydrogen-bond acceptors (Lipinski definition) is 2. The van der Waals surface area contributed by atoms with Crippen LogP contribution in [-0.2, 0) is 4.79 Å². The first kappa shape index (κ1) is 9.71. The van der Waals surface area contributed by atoms with Crippen molar-refractivity contribution in [1.29, 1.82) is 0 Å². The third-order valence-electron chi connectivity index (χ3n) is 1.74. The fourth-order valence-corrected chi connectivity index (χ4v) is 0.923. The summed E-state index contributed by atoms with van der Waals surface area (Å²) in [7, 11) is 0. The Bertz CT molecular complexity index is 299. The zero-order valence-corrected chi connectivity index (χ0v) is 7.51. The Morgan fingerprint density at radius 2 is 2.15 bits per heavy atom. The van der Waals surface area contributed by atoms with E-state index in [1.54, 1.807) is 25.1 Å². The maximum Gasteiger partial charge on any atom is 0.151 e. The van der Waals surface area contributed by atoms with Crippen molar-refractivity contribution in [2.75, 3.05) is 11.9 Å². The van der Waals surface area contributed by atoms with E-state index < -0.39 is 0 Å². The van der Waals surface area contributed by atoms with Crippen LogP contribution < -0.4 is 5.32 Å². The molecule has 2 nitrogen and oxygen atoms in total. The number of ketones is 1. The predicted octanol–water partition coefficient (Wildman–Crippen LogP) is 2.22. The largest absolute Gasteiger partial charge is 0.376 e. The van der Waals surface area contributed by atoms with Crippen molar-refractivity contribution in [3.05, 3.63) is 30.1 Å². The molecule has 0 aromatic heterocycles. The number of carbonyl (C=O) groups excluding carboxylic acids is 1. The minimum atomic E-state index is -0.327. The first-order valence-electron chi connectivity index (χ1n) is 4.24. The van der Waals surface area contributed by atoms with Gasteiger partial charge in [0.2, 0.25) is 0 Å². The maximum absolute atomic E-state index is 13.0. The number of nitrogens with one attached hydrogen (secondary N) is 1. The highest BCUT2D eigenvalue weighted by Crippen LogP contribution is 2.11. The minimum absolute atomic E-state index is 0.0725. The maximum atomic E-state index is 13.0. The number of rotatable bonds is 4. The molecule has 0 radical (unpaired) electrons. The Kier molecular flexibility index (Phi) is 3.43. The molecule has 0 fully saturated rings. The van der Waals surface area contributed by atoms with E-state index in [-0.39, 0.29) is 18.1 Å². The number of Topliss-reactive ketones (excluding diaryl/α,β-unsaturated/α-hetero) is 1. The zero-order valence-electron chi connectivity index (χ0n) is 7.51. The summed E-state index contributed by atoms with van der Waals surface area (Å²) >= 11 is 0. The lowest BCUT2D eigenvalue weighted by molar-refractivity contribution is -0.117. The molecule has 13 heavy (non-hydrogen) atoms. The van der Waals surface area contributed by atoms with E-state index in [0.29, 0.717) is 12.1 Å². The molecular weight excluding hydrogens is 169 g/mol. The second-order valence-corrected chi connectivity index (χ2v) is 2.73. The van der Waals surface area contributed by atoms with E-state index in [4.69, 9.17) is 0 Å². The Hall–Kier alpha value is -1.38. The van der Waals surface area contributed by atoms with Crippen molar-refractivity contribution in [1.82, 2.24) is 0 Å². The summed E-state index contributed by atoms with van der Waals surface area (Å²) in [4.78, 5) is 10.9. The summed E-state index contributed by atoms with van der Waals surface area (Å²) in [5.74, 6) is -0.255. The van der Waals surface area contributed by atoms with Gasteiger partial charge in [-0.1, -0.05) is 19.1 Å². The van der Waals surface area contributed by atoms with Gasteiger partial charge in [-0.3, -0.25) is 4.79 Å². The highest BCUT2D eigenvalue weighted by molar-refractivity contribution is 5.82. The molecule has 1 aromatic carbocycles. The van der Waals surface area contributed by atoms with Gasteiger partial charge in [-0.25, -0.2) is 4.39 Å². The summed E-state index contributed by atoms with van der Waals surface area (Å²) < 4.78 is 13.0. The van der Waals surface area contributed by atoms with Crippen LogP contribution in [0.25, 0.3) is 0 Å². The van der Waals surface area contributed by atoms with Gasteiger partial charge in [-0.2, -0.15) is 0 Å². The smallest absolute Gasteiger partial charge is 0.151 e. The van der Waals surface area contributed by atoms with Crippen LogP contribution in [0, 0.1) is 5.82 Å². The number of halogens is 1. The second kappa shape index (κ2) is 4.60. The first-order chi connectivity index (χ1) is 6.24. The Labute approximate surface area is 76.8 Å². The molecule has 0 bridgehead atoms. The highest BCUT2D eigenvalue weighted by atomic mass is 19.1. The van der Waals surface area contributed by atoms with E-state index in [9.17, 15) is 9.18 Å². The Morgan fingerprint density at radius 1 is 1.46 bits per heavy atom. The third-order valence-corrected chi connectivity index (χ3v) is 1.74. The average Bonchev–Trinajstić information content (AvgIpc) is 2.16. The molecule has 0 saturated heterocycles. The standard InChI is InChI=1S/C10H12FNO/c1-2-8(13)7-12-10-6-4-3-5-9(10)11/h3-6,12H,2,7H2,1H3. The van der Waals surface area contributed by atoms with Crippen molar-refractivity contribution < 1.29 is 9.18 Å². The van der Waals surface area contributed by atoms with E-state index in [2.05, 4.69) is 5.32 Å². The molecule has 0 heterocycles. The Morgan fingerprint density at radius 3 is 2.77 bits per heavy atom. The summed E-state index contributed by atoms with van der Waals surface area (Å²) in [5, 5.41) is 2.74. The lowest BCUT2D eigenvalue weighted by Gasteiger charge is -2.04. The molecule has 3 heteroatoms. The van der Waals surface area contributed by atoms with Crippen molar-refractivity contribution in [3.63, 3.8) is 0 Å². The van der Waals surface area contributed by atoms with E-state index in [1.807, 2.05) is 0 Å². The lowest BCUT2D eigenvalue weighted by atomic mass is 10.2. The van der Waals surface area contributed by atoms with Crippen molar-refractivity contribution in [2.24, 2.45) is 0 Å². The summed E-state index contributed by atoms with van der Waals surface area (Å²) in [6, 6.07) is 6.31. The second-order valence-electron chi connectivity index (χ2n) is 2.73. The molecule has 0 amide bonds. The number of anilines is 1. The molecule has 0 aliphatic heterocycles. The molecule has 0 unspecified atom stereocenters. The zero-order chi connectivity index (χ0) is 9.68. The van der Waals surface area contributed by atoms with Crippen LogP contribution in [0.1, 0.15) is 13.3 Å². The van der Waals surface area contributed by atoms with Crippen LogP contribution in [0.5, 0.6) is 0 Å². The van der Waals surface area contributed by atoms with Crippen LogP contribution >= 0.6 is 0 Å². The van der Waals surface area contributed by atoms with Crippen LogP contribution in [0.3, 0.4) is 0 Å². The van der Waals surface area contributed by atoms with Crippen molar-refractivity contribution >= 4 is 11.5 Å². The Balaban J connectivity index is 2.54. The van der Waals surface area contributed by atoms with Crippen LogP contribution in [0.4, 0.5) is 10.1 Å². The fourth-order valence-electron chi connectivity index (χ4n) is 0.923. The number of hydrogen-bond donors (Lipinski definition) is 1. The molecule has 70 valence electrons. The number of benzene rings is 1. The van der Waals surface area contributed by atoms with Gasteiger partial charge >= 0.3 is 0 Å². The highest BCUT2D eigenvalue weighted by Gasteiger charge is 2.01. The van der Waals surface area contributed by atoms with Gasteiger partial charge in [0.1, 0.15) is 5.82 Å². The molecular formula is C10H12FNO. The van der Waals surface area contributed by atoms with Crippen molar-refractivity contribution in [2.45, 2.75) is 13.3 Å². The molecule has 0 saturated carbocycles. The molecule has 1 rings (SSSR count). The molecule has 1 N–H and O–H groups in total. The molecule has 0 aliphatic carbocycles. The van der Waals surface area contributed by atoms with Gasteiger partial charge in [0.05, 0.1) is 12.2 Å². The number of para-hydroxylation sites is 1. The van der Waals surface area contributed by atoms with Gasteiger partial charge < -0.3 is 5.32 Å². The summed E-state index contributed by atoms with van der Waals surface area (Å²) in [6.45, 7) is 1.97.